The van der Waals surface area contributed by atoms with E-state index in [9.17, 15) is 4.79 Å². The van der Waals surface area contributed by atoms with E-state index in [-0.39, 0.29) is 24.2 Å². The van der Waals surface area contributed by atoms with Crippen molar-refractivity contribution < 1.29 is 18.9 Å². The number of aryl methyl sites for hydroxylation is 1. The van der Waals surface area contributed by atoms with Gasteiger partial charge in [0.25, 0.3) is 0 Å². The summed E-state index contributed by atoms with van der Waals surface area (Å²) in [5.41, 5.74) is 6.25. The summed E-state index contributed by atoms with van der Waals surface area (Å²) in [4.78, 5) is 19.8. The van der Waals surface area contributed by atoms with Crippen molar-refractivity contribution in [3.8, 4) is 0 Å². The highest BCUT2D eigenvalue weighted by atomic mass is 35.5. The number of nitrogens with zero attached hydrogens (tertiary/aromatic N) is 1. The van der Waals surface area contributed by atoms with Crippen molar-refractivity contribution in [3.63, 3.8) is 0 Å². The summed E-state index contributed by atoms with van der Waals surface area (Å²) in [6.07, 6.45) is 5.57. The van der Waals surface area contributed by atoms with Crippen LogP contribution in [0.25, 0.3) is 0 Å². The zero-order chi connectivity index (χ0) is 28.3. The molecule has 9 heteroatoms. The molecule has 1 heterocycles. The second-order valence-corrected chi connectivity index (χ2v) is 11.8. The number of carbonyl (C=O) groups excluding carboxylic acids is 1. The lowest BCUT2D eigenvalue weighted by atomic mass is 9.79. The number of rotatable bonds is 16. The Morgan fingerprint density at radius 3 is 2.00 bits per heavy atom. The Labute approximate surface area is 244 Å². The lowest BCUT2D eigenvalue weighted by Crippen LogP contribution is -2.41. The van der Waals surface area contributed by atoms with Gasteiger partial charge in [0.15, 0.2) is 0 Å². The fourth-order valence-electron chi connectivity index (χ4n) is 4.42. The summed E-state index contributed by atoms with van der Waals surface area (Å²) in [6.45, 7) is 10.1. The lowest BCUT2D eigenvalue weighted by molar-refractivity contribution is -0.134. The summed E-state index contributed by atoms with van der Waals surface area (Å²) in [5, 5.41) is 0. The predicted octanol–water partition coefficient (Wildman–Crippen LogP) is 6.01. The molecule has 1 aliphatic rings. The van der Waals surface area contributed by atoms with Crippen molar-refractivity contribution in [2.45, 2.75) is 84.0 Å². The van der Waals surface area contributed by atoms with Crippen molar-refractivity contribution in [1.29, 1.82) is 0 Å². The van der Waals surface area contributed by atoms with Crippen molar-refractivity contribution in [1.82, 2.24) is 5.48 Å². The number of hydrogen-bond donors (Lipinski definition) is 1. The summed E-state index contributed by atoms with van der Waals surface area (Å²) in [6, 6.07) is 16.6. The normalized spacial score (nSPS) is 15.9. The minimum Gasteiger partial charge on any atom is -0.399 e. The molecule has 3 rings (SSSR count). The minimum absolute atomic E-state index is 0.0853. The van der Waals surface area contributed by atoms with Crippen molar-refractivity contribution in [2.24, 2.45) is 0 Å². The third kappa shape index (κ3) is 9.68. The van der Waals surface area contributed by atoms with E-state index in [4.69, 9.17) is 37.3 Å². The zero-order valence-electron chi connectivity index (χ0n) is 23.8. The number of halogens is 2. The van der Waals surface area contributed by atoms with Crippen LogP contribution in [0.1, 0.15) is 70.9 Å². The number of alkyl halides is 2. The van der Waals surface area contributed by atoms with Gasteiger partial charge >= 0.3 is 7.12 Å². The molecule has 0 atom stereocenters. The van der Waals surface area contributed by atoms with Crippen LogP contribution in [0, 0.1) is 0 Å². The van der Waals surface area contributed by atoms with Gasteiger partial charge in [0, 0.05) is 37.0 Å². The van der Waals surface area contributed by atoms with Gasteiger partial charge in [-0.15, -0.1) is 23.2 Å². The van der Waals surface area contributed by atoms with Gasteiger partial charge in [-0.05, 0) is 75.7 Å². The summed E-state index contributed by atoms with van der Waals surface area (Å²) >= 11 is 11.8. The molecule has 0 radical (unpaired) electrons. The molecule has 0 unspecified atom stereocenters. The second-order valence-electron chi connectivity index (χ2n) is 11.1. The number of hydrogen-bond acceptors (Lipinski definition) is 5. The molecule has 2 aromatic carbocycles. The topological polar surface area (TPSA) is 60.0 Å². The zero-order valence-corrected chi connectivity index (χ0v) is 25.3. The fourth-order valence-corrected chi connectivity index (χ4v) is 4.82. The van der Waals surface area contributed by atoms with Gasteiger partial charge in [0.1, 0.15) is 0 Å². The van der Waals surface area contributed by atoms with Crippen LogP contribution in [-0.4, -0.2) is 49.1 Å². The lowest BCUT2D eigenvalue weighted by Gasteiger charge is -2.32. The van der Waals surface area contributed by atoms with Crippen LogP contribution < -0.4 is 15.8 Å². The predicted molar refractivity (Wildman–Crippen MR) is 162 cm³/mol. The first-order valence-electron chi connectivity index (χ1n) is 14.0. The molecule has 0 aromatic heterocycles. The van der Waals surface area contributed by atoms with Crippen LogP contribution in [-0.2, 0) is 32.0 Å². The summed E-state index contributed by atoms with van der Waals surface area (Å²) in [5.74, 6) is 1.08. The monoisotopic (exact) mass is 576 g/mol. The van der Waals surface area contributed by atoms with E-state index in [1.165, 1.54) is 5.56 Å². The highest BCUT2D eigenvalue weighted by molar-refractivity contribution is 6.62. The van der Waals surface area contributed by atoms with E-state index in [1.807, 2.05) is 52.0 Å². The largest absolute Gasteiger partial charge is 0.494 e. The fraction of sp³-hybridized carbons (Fsp3) is 0.567. The Balaban J connectivity index is 1.26. The number of anilines is 1. The molecule has 1 aliphatic heterocycles. The maximum Gasteiger partial charge on any atom is 0.494 e. The average molecular weight is 577 g/mol. The molecule has 2 aromatic rings. The Morgan fingerprint density at radius 2 is 1.41 bits per heavy atom. The summed E-state index contributed by atoms with van der Waals surface area (Å²) < 4.78 is 12.2. The maximum atomic E-state index is 12.1. The van der Waals surface area contributed by atoms with E-state index in [2.05, 4.69) is 34.6 Å². The Morgan fingerprint density at radius 1 is 0.846 bits per heavy atom. The van der Waals surface area contributed by atoms with Gasteiger partial charge in [-0.3, -0.25) is 9.63 Å². The molecule has 0 bridgehead atoms. The molecule has 214 valence electrons. The standard InChI is InChI=1S/C30H43BCl2N2O4/c1-29(2)30(3,4)39-31(38-29)26-15-11-25(12-16-26)23-37-34-28(36)10-8-6-5-7-9-24-13-17-27(18-14-24)35(21-19-32)22-20-33/h11-18H,5-10,19-23H2,1-4H3,(H,34,36). The van der Waals surface area contributed by atoms with Gasteiger partial charge in [-0.1, -0.05) is 49.2 Å². The average Bonchev–Trinajstić information content (AvgIpc) is 3.13. The molecule has 1 N–H and O–H groups in total. The number of carbonyl (C=O) groups is 1. The third-order valence-electron chi connectivity index (χ3n) is 7.56. The van der Waals surface area contributed by atoms with Crippen molar-refractivity contribution >= 4 is 47.4 Å². The van der Waals surface area contributed by atoms with Crippen LogP contribution in [0.3, 0.4) is 0 Å². The SMILES string of the molecule is CC1(C)OB(c2ccc(CONC(=O)CCCCCCc3ccc(N(CCCl)CCCl)cc3)cc2)OC1(C)C. The van der Waals surface area contributed by atoms with Gasteiger partial charge in [0.05, 0.1) is 17.8 Å². The van der Waals surface area contributed by atoms with E-state index < -0.39 is 0 Å². The number of amides is 1. The first kappa shape index (κ1) is 31.8. The Kier molecular flexibility index (Phi) is 12.5. The molecule has 0 spiro atoms. The molecule has 6 nitrogen and oxygen atoms in total. The van der Waals surface area contributed by atoms with Crippen LogP contribution in [0.5, 0.6) is 0 Å². The second kappa shape index (κ2) is 15.3. The number of unbranched alkanes of at least 4 members (excludes halogenated alkanes) is 3. The highest BCUT2D eigenvalue weighted by Crippen LogP contribution is 2.36. The van der Waals surface area contributed by atoms with E-state index in [0.717, 1.165) is 61.9 Å². The van der Waals surface area contributed by atoms with Crippen molar-refractivity contribution in [3.05, 3.63) is 59.7 Å². The smallest absolute Gasteiger partial charge is 0.399 e. The van der Waals surface area contributed by atoms with Crippen LogP contribution in [0.2, 0.25) is 0 Å². The minimum atomic E-state index is -0.386. The van der Waals surface area contributed by atoms with Crippen molar-refractivity contribution in [2.75, 3.05) is 29.7 Å². The van der Waals surface area contributed by atoms with Gasteiger partial charge in [-0.25, -0.2) is 5.48 Å². The number of benzene rings is 2. The van der Waals surface area contributed by atoms with Gasteiger partial charge in [0.2, 0.25) is 5.91 Å². The first-order valence-corrected chi connectivity index (χ1v) is 15.0. The van der Waals surface area contributed by atoms with E-state index in [1.54, 1.807) is 0 Å². The quantitative estimate of drug-likeness (QED) is 0.115. The summed E-state index contributed by atoms with van der Waals surface area (Å²) in [7, 11) is -0.386. The van der Waals surface area contributed by atoms with Crippen LogP contribution in [0.15, 0.2) is 48.5 Å². The number of nitrogens with one attached hydrogen (secondary N) is 1. The molecule has 39 heavy (non-hydrogen) atoms. The van der Waals surface area contributed by atoms with Gasteiger partial charge in [-0.2, -0.15) is 0 Å². The van der Waals surface area contributed by atoms with E-state index >= 15 is 0 Å². The molecular formula is C30H43BCl2N2O4. The molecule has 1 amide bonds. The Bertz CT molecular complexity index is 997. The van der Waals surface area contributed by atoms with Gasteiger partial charge < -0.3 is 14.2 Å². The Hall–Kier alpha value is -1.77. The van der Waals surface area contributed by atoms with Crippen LogP contribution >= 0.6 is 23.2 Å². The highest BCUT2D eigenvalue weighted by Gasteiger charge is 2.51. The molecule has 1 saturated heterocycles. The molecule has 1 fully saturated rings. The first-order chi connectivity index (χ1) is 18.6. The van der Waals surface area contributed by atoms with Crippen LogP contribution in [0.4, 0.5) is 5.69 Å². The third-order valence-corrected chi connectivity index (χ3v) is 7.90. The molecular weight excluding hydrogens is 534 g/mol. The molecule has 0 saturated carbocycles. The number of hydroxylamine groups is 1. The maximum absolute atomic E-state index is 12.1. The van der Waals surface area contributed by atoms with E-state index in [0.29, 0.717) is 24.8 Å². The molecule has 0 aliphatic carbocycles.